The molecule has 4 aromatic carbocycles. The fourth-order valence-electron chi connectivity index (χ4n) is 3.32. The third-order valence-electron chi connectivity index (χ3n) is 5.06. The highest BCUT2D eigenvalue weighted by Crippen LogP contribution is 2.28. The van der Waals surface area contributed by atoms with E-state index in [0.29, 0.717) is 5.56 Å². The lowest BCUT2D eigenvalue weighted by Gasteiger charge is -2.10. The summed E-state index contributed by atoms with van der Waals surface area (Å²) in [5.74, 6) is -1.12. The van der Waals surface area contributed by atoms with Crippen LogP contribution in [-0.4, -0.2) is 31.7 Å². The number of carbonyl (C=O) groups excluding carboxylic acids is 2. The Morgan fingerprint density at radius 3 is 2.54 bits per heavy atom. The van der Waals surface area contributed by atoms with E-state index < -0.39 is 11.8 Å². The van der Waals surface area contributed by atoms with Crippen molar-refractivity contribution in [1.29, 1.82) is 0 Å². The van der Waals surface area contributed by atoms with Crippen molar-refractivity contribution >= 4 is 34.6 Å². The Morgan fingerprint density at radius 1 is 0.914 bits per heavy atom. The van der Waals surface area contributed by atoms with Crippen molar-refractivity contribution in [2.75, 3.05) is 19.0 Å². The Labute approximate surface area is 201 Å². The fourth-order valence-corrected chi connectivity index (χ4v) is 3.32. The molecule has 0 fully saturated rings. The zero-order chi connectivity index (χ0) is 24.6. The monoisotopic (exact) mass is 471 g/mol. The van der Waals surface area contributed by atoms with Gasteiger partial charge < -0.3 is 14.8 Å². The van der Waals surface area contributed by atoms with Crippen LogP contribution in [0.1, 0.15) is 15.9 Å². The Hall–Kier alpha value is -4.72. The van der Waals surface area contributed by atoms with Gasteiger partial charge in [0, 0.05) is 5.69 Å². The number of ether oxygens (including phenoxy) is 2. The molecule has 0 aromatic heterocycles. The maximum atomic E-state index is 13.4. The van der Waals surface area contributed by atoms with E-state index in [9.17, 15) is 14.0 Å². The second-order valence-corrected chi connectivity index (χ2v) is 7.52. The van der Waals surface area contributed by atoms with E-state index in [-0.39, 0.29) is 29.5 Å². The van der Waals surface area contributed by atoms with Crippen LogP contribution in [0.2, 0.25) is 0 Å². The van der Waals surface area contributed by atoms with Gasteiger partial charge in [0.05, 0.1) is 25.4 Å². The van der Waals surface area contributed by atoms with E-state index in [2.05, 4.69) is 15.8 Å². The number of nitrogens with zero attached hydrogens (tertiary/aromatic N) is 1. The average molecular weight is 471 g/mol. The summed E-state index contributed by atoms with van der Waals surface area (Å²) < 4.78 is 24.0. The van der Waals surface area contributed by atoms with E-state index in [1.165, 1.54) is 37.6 Å². The minimum Gasteiger partial charge on any atom is -0.493 e. The number of amides is 1. The molecule has 8 heteroatoms. The molecule has 7 nitrogen and oxygen atoms in total. The predicted octanol–water partition coefficient (Wildman–Crippen LogP) is 4.77. The Kier molecular flexibility index (Phi) is 7.32. The summed E-state index contributed by atoms with van der Waals surface area (Å²) in [6.45, 7) is 0.0496. The smallest absolute Gasteiger partial charge is 0.343 e. The van der Waals surface area contributed by atoms with Gasteiger partial charge in [-0.15, -0.1) is 0 Å². The van der Waals surface area contributed by atoms with Crippen LogP contribution in [-0.2, 0) is 4.79 Å². The Bertz CT molecular complexity index is 1400. The van der Waals surface area contributed by atoms with Crippen LogP contribution in [0.4, 0.5) is 10.1 Å². The molecule has 0 radical (unpaired) electrons. The molecule has 0 bridgehead atoms. The van der Waals surface area contributed by atoms with Crippen LogP contribution in [0.3, 0.4) is 0 Å². The summed E-state index contributed by atoms with van der Waals surface area (Å²) in [4.78, 5) is 24.4. The summed E-state index contributed by atoms with van der Waals surface area (Å²) in [5, 5.41) is 9.23. The molecule has 2 N–H and O–H groups in total. The standard InChI is InChI=1S/C27H22FN3O4/c1-34-25-13-18(9-12-24(25)35-27(33)21-7-4-8-22(28)14-21)16-30-31-26(32)17-29-23-11-10-19-5-2-3-6-20(19)15-23/h2-16,29H,17H2,1H3,(H,31,32)/b30-16+. The number of hydrazone groups is 1. The third kappa shape index (κ3) is 6.20. The van der Waals surface area contributed by atoms with Gasteiger partial charge >= 0.3 is 5.97 Å². The lowest BCUT2D eigenvalue weighted by molar-refractivity contribution is -0.119. The van der Waals surface area contributed by atoms with Crippen LogP contribution in [0.5, 0.6) is 11.5 Å². The molecule has 0 atom stereocenters. The number of hydrogen-bond donors (Lipinski definition) is 2. The topological polar surface area (TPSA) is 89.0 Å². The first-order valence-corrected chi connectivity index (χ1v) is 10.7. The summed E-state index contributed by atoms with van der Waals surface area (Å²) in [6, 6.07) is 23.8. The molecule has 1 amide bonds. The Balaban J connectivity index is 1.32. The van der Waals surface area contributed by atoms with Crippen molar-refractivity contribution in [1.82, 2.24) is 5.43 Å². The van der Waals surface area contributed by atoms with Crippen LogP contribution in [0.25, 0.3) is 10.8 Å². The van der Waals surface area contributed by atoms with Crippen LogP contribution in [0, 0.1) is 5.82 Å². The molecule has 0 aliphatic rings. The van der Waals surface area contributed by atoms with Gasteiger partial charge in [0.1, 0.15) is 5.82 Å². The molecule has 0 aliphatic carbocycles. The number of halogens is 1. The number of fused-ring (bicyclic) bond motifs is 1. The molecular weight excluding hydrogens is 449 g/mol. The van der Waals surface area contributed by atoms with Gasteiger partial charge in [-0.1, -0.05) is 36.4 Å². The third-order valence-corrected chi connectivity index (χ3v) is 5.06. The first kappa shape index (κ1) is 23.4. The minimum atomic E-state index is -0.713. The van der Waals surface area contributed by atoms with E-state index in [1.54, 1.807) is 12.1 Å². The van der Waals surface area contributed by atoms with Crippen molar-refractivity contribution in [3.05, 3.63) is 102 Å². The largest absolute Gasteiger partial charge is 0.493 e. The van der Waals surface area contributed by atoms with E-state index in [4.69, 9.17) is 9.47 Å². The van der Waals surface area contributed by atoms with Crippen molar-refractivity contribution in [2.24, 2.45) is 5.10 Å². The molecule has 0 saturated heterocycles. The molecule has 35 heavy (non-hydrogen) atoms. The summed E-state index contributed by atoms with van der Waals surface area (Å²) in [5.41, 5.74) is 3.97. The van der Waals surface area contributed by atoms with Gasteiger partial charge in [-0.05, 0) is 64.9 Å². The first-order valence-electron chi connectivity index (χ1n) is 10.7. The molecule has 0 spiro atoms. The maximum absolute atomic E-state index is 13.4. The number of methoxy groups -OCH3 is 1. The van der Waals surface area contributed by atoms with Crippen LogP contribution < -0.4 is 20.2 Å². The zero-order valence-electron chi connectivity index (χ0n) is 18.8. The van der Waals surface area contributed by atoms with Crippen molar-refractivity contribution < 1.29 is 23.5 Å². The maximum Gasteiger partial charge on any atom is 0.343 e. The van der Waals surface area contributed by atoms with Gasteiger partial charge in [-0.2, -0.15) is 5.10 Å². The predicted molar refractivity (Wildman–Crippen MR) is 133 cm³/mol. The zero-order valence-corrected chi connectivity index (χ0v) is 18.8. The number of anilines is 1. The van der Waals surface area contributed by atoms with E-state index in [0.717, 1.165) is 22.5 Å². The normalized spacial score (nSPS) is 10.8. The average Bonchev–Trinajstić information content (AvgIpc) is 2.88. The van der Waals surface area contributed by atoms with Gasteiger partial charge in [0.25, 0.3) is 5.91 Å². The fraction of sp³-hybridized carbons (Fsp3) is 0.0741. The number of hydrogen-bond acceptors (Lipinski definition) is 6. The highest BCUT2D eigenvalue weighted by atomic mass is 19.1. The highest BCUT2D eigenvalue weighted by molar-refractivity contribution is 5.92. The lowest BCUT2D eigenvalue weighted by Crippen LogP contribution is -2.25. The molecule has 176 valence electrons. The number of carbonyl (C=O) groups is 2. The SMILES string of the molecule is COc1cc(/C=N/NC(=O)CNc2ccc3ccccc3c2)ccc1OC(=O)c1cccc(F)c1. The molecule has 0 aliphatic heterocycles. The van der Waals surface area contributed by atoms with Crippen molar-refractivity contribution in [3.63, 3.8) is 0 Å². The molecular formula is C27H22FN3O4. The summed E-state index contributed by atoms with van der Waals surface area (Å²) in [6.07, 6.45) is 1.44. The number of benzene rings is 4. The Morgan fingerprint density at radius 2 is 1.74 bits per heavy atom. The van der Waals surface area contributed by atoms with Gasteiger partial charge in [-0.25, -0.2) is 14.6 Å². The van der Waals surface area contributed by atoms with Crippen molar-refractivity contribution in [3.8, 4) is 11.5 Å². The highest BCUT2D eigenvalue weighted by Gasteiger charge is 2.13. The van der Waals surface area contributed by atoms with Crippen molar-refractivity contribution in [2.45, 2.75) is 0 Å². The minimum absolute atomic E-state index is 0.0496. The lowest BCUT2D eigenvalue weighted by atomic mass is 10.1. The molecule has 0 heterocycles. The molecule has 4 aromatic rings. The number of rotatable bonds is 8. The molecule has 4 rings (SSSR count). The van der Waals surface area contributed by atoms with E-state index >= 15 is 0 Å². The van der Waals surface area contributed by atoms with Crippen LogP contribution in [0.15, 0.2) is 90.0 Å². The van der Waals surface area contributed by atoms with Gasteiger partial charge in [0.15, 0.2) is 11.5 Å². The quantitative estimate of drug-likeness (QED) is 0.167. The van der Waals surface area contributed by atoms with Gasteiger partial charge in [0.2, 0.25) is 0 Å². The second-order valence-electron chi connectivity index (χ2n) is 7.52. The summed E-state index contributed by atoms with van der Waals surface area (Å²) in [7, 11) is 1.43. The molecule has 0 unspecified atom stereocenters. The van der Waals surface area contributed by atoms with E-state index in [1.807, 2.05) is 42.5 Å². The number of nitrogens with one attached hydrogen (secondary N) is 2. The first-order chi connectivity index (χ1) is 17.0. The summed E-state index contributed by atoms with van der Waals surface area (Å²) >= 11 is 0. The van der Waals surface area contributed by atoms with Crippen LogP contribution >= 0.6 is 0 Å². The second kappa shape index (κ2) is 10.9. The number of esters is 1. The van der Waals surface area contributed by atoms with Gasteiger partial charge in [-0.3, -0.25) is 4.79 Å². The molecule has 0 saturated carbocycles.